The number of Topliss-reactive ketones (excluding diaryl/α,β-unsaturated/α-hetero) is 2. The Morgan fingerprint density at radius 2 is 1.57 bits per heavy atom. The molecule has 0 saturated heterocycles. The molecule has 0 spiro atoms. The molecule has 6 nitrogen and oxygen atoms in total. The molecule has 1 heterocycles. The molecule has 0 aliphatic carbocycles. The maximum absolute atomic E-state index is 12.2. The average Bonchev–Trinajstić information content (AvgIpc) is 3.17. The van der Waals surface area contributed by atoms with Crippen LogP contribution in [0.1, 0.15) is 72.1 Å². The summed E-state index contributed by atoms with van der Waals surface area (Å²) in [6, 6.07) is 10.7. The highest BCUT2D eigenvalue weighted by molar-refractivity contribution is 7.14. The molecule has 2 aromatic rings. The van der Waals surface area contributed by atoms with Gasteiger partial charge in [0.25, 0.3) is 0 Å². The summed E-state index contributed by atoms with van der Waals surface area (Å²) in [4.78, 5) is 49.4. The third-order valence-corrected chi connectivity index (χ3v) is 5.71. The topological polar surface area (TPSA) is 92.3 Å². The lowest BCUT2D eigenvalue weighted by molar-refractivity contribution is -0.125. The van der Waals surface area contributed by atoms with E-state index in [1.165, 1.54) is 11.3 Å². The van der Waals surface area contributed by atoms with Crippen LogP contribution in [0.15, 0.2) is 36.4 Å². The zero-order valence-electron chi connectivity index (χ0n) is 17.6. The molecule has 30 heavy (non-hydrogen) atoms. The number of rotatable bonds is 11. The number of ketones is 2. The fourth-order valence-electron chi connectivity index (χ4n) is 2.84. The molecule has 2 amide bonds. The molecule has 0 radical (unpaired) electrons. The fraction of sp³-hybridized carbons (Fsp3) is 0.391. The Kier molecular flexibility index (Phi) is 8.92. The van der Waals surface area contributed by atoms with E-state index >= 15 is 0 Å². The van der Waals surface area contributed by atoms with Crippen molar-refractivity contribution in [3.63, 3.8) is 0 Å². The summed E-state index contributed by atoms with van der Waals surface area (Å²) in [5.41, 5.74) is 1.61. The first kappa shape index (κ1) is 23.5. The second-order valence-corrected chi connectivity index (χ2v) is 8.47. The van der Waals surface area contributed by atoms with E-state index in [0.29, 0.717) is 17.0 Å². The lowest BCUT2D eigenvalue weighted by Gasteiger charge is -2.15. The van der Waals surface area contributed by atoms with Crippen LogP contribution in [0.25, 0.3) is 0 Å². The Morgan fingerprint density at radius 3 is 2.17 bits per heavy atom. The van der Waals surface area contributed by atoms with E-state index in [0.717, 1.165) is 10.4 Å². The number of anilines is 1. The zero-order valence-corrected chi connectivity index (χ0v) is 18.4. The van der Waals surface area contributed by atoms with Crippen molar-refractivity contribution in [2.24, 2.45) is 0 Å². The summed E-state index contributed by atoms with van der Waals surface area (Å²) in [5.74, 6) is -0.381. The van der Waals surface area contributed by atoms with Gasteiger partial charge in [-0.3, -0.25) is 19.2 Å². The normalized spacial score (nSPS) is 11.6. The molecule has 0 saturated carbocycles. The molecule has 1 atom stereocenters. The fourth-order valence-corrected chi connectivity index (χ4v) is 3.67. The van der Waals surface area contributed by atoms with Crippen LogP contribution in [0.5, 0.6) is 0 Å². The summed E-state index contributed by atoms with van der Waals surface area (Å²) >= 11 is 1.43. The minimum absolute atomic E-state index is 0.0295. The van der Waals surface area contributed by atoms with Crippen molar-refractivity contribution in [2.75, 3.05) is 5.32 Å². The van der Waals surface area contributed by atoms with Gasteiger partial charge in [-0.1, -0.05) is 19.1 Å². The standard InChI is InChI=1S/C23H28N2O4S/c1-4-22(28)25-18-8-6-17(7-9-18)16(3)24-23(29)14-11-19(26)10-12-20(27)21-13-5-15(2)30-21/h5-9,13,16H,4,10-12,14H2,1-3H3,(H,24,29)(H,25,28). The van der Waals surface area contributed by atoms with E-state index in [2.05, 4.69) is 10.6 Å². The van der Waals surface area contributed by atoms with Crippen molar-refractivity contribution in [2.45, 2.75) is 58.9 Å². The number of nitrogens with one attached hydrogen (secondary N) is 2. The van der Waals surface area contributed by atoms with Gasteiger partial charge in [0.05, 0.1) is 10.9 Å². The highest BCUT2D eigenvalue weighted by Gasteiger charge is 2.14. The van der Waals surface area contributed by atoms with Crippen LogP contribution in [0.3, 0.4) is 0 Å². The first-order valence-electron chi connectivity index (χ1n) is 10.1. The Balaban J connectivity index is 1.72. The highest BCUT2D eigenvalue weighted by atomic mass is 32.1. The Labute approximate surface area is 181 Å². The van der Waals surface area contributed by atoms with Crippen LogP contribution in [0.2, 0.25) is 0 Å². The summed E-state index contributed by atoms with van der Waals surface area (Å²) in [5, 5.41) is 5.65. The molecule has 0 aliphatic heterocycles. The number of carbonyl (C=O) groups excluding carboxylic acids is 4. The Bertz CT molecular complexity index is 902. The lowest BCUT2D eigenvalue weighted by atomic mass is 10.1. The van der Waals surface area contributed by atoms with Gasteiger partial charge < -0.3 is 10.6 Å². The molecule has 1 unspecified atom stereocenters. The van der Waals surface area contributed by atoms with E-state index in [-0.39, 0.29) is 55.1 Å². The van der Waals surface area contributed by atoms with Gasteiger partial charge in [0.2, 0.25) is 11.8 Å². The monoisotopic (exact) mass is 428 g/mol. The average molecular weight is 429 g/mol. The number of hydrogen-bond acceptors (Lipinski definition) is 5. The molecule has 0 bridgehead atoms. The van der Waals surface area contributed by atoms with Gasteiger partial charge in [-0.25, -0.2) is 0 Å². The molecule has 2 rings (SSSR count). The van der Waals surface area contributed by atoms with Gasteiger partial charge in [-0.2, -0.15) is 0 Å². The number of hydrogen-bond donors (Lipinski definition) is 2. The predicted octanol–water partition coefficient (Wildman–Crippen LogP) is 4.59. The minimum atomic E-state index is -0.216. The first-order chi connectivity index (χ1) is 14.3. The van der Waals surface area contributed by atoms with Gasteiger partial charge in [0, 0.05) is 42.7 Å². The van der Waals surface area contributed by atoms with Crippen LogP contribution in [-0.4, -0.2) is 23.4 Å². The molecule has 0 fully saturated rings. The zero-order chi connectivity index (χ0) is 22.1. The van der Waals surface area contributed by atoms with Crippen LogP contribution in [0, 0.1) is 6.92 Å². The van der Waals surface area contributed by atoms with E-state index in [4.69, 9.17) is 0 Å². The van der Waals surface area contributed by atoms with Crippen molar-refractivity contribution < 1.29 is 19.2 Å². The molecule has 0 aliphatic rings. The van der Waals surface area contributed by atoms with Crippen molar-refractivity contribution in [3.05, 3.63) is 51.7 Å². The maximum atomic E-state index is 12.2. The molecular weight excluding hydrogens is 400 g/mol. The van der Waals surface area contributed by atoms with E-state index in [9.17, 15) is 19.2 Å². The Hall–Kier alpha value is -2.80. The minimum Gasteiger partial charge on any atom is -0.350 e. The number of thiophene rings is 1. The SMILES string of the molecule is CCC(=O)Nc1ccc(C(C)NC(=O)CCC(=O)CCC(=O)c2ccc(C)s2)cc1. The molecule has 1 aromatic carbocycles. The summed E-state index contributed by atoms with van der Waals surface area (Å²) in [6.45, 7) is 5.58. The van der Waals surface area contributed by atoms with Crippen LogP contribution >= 0.6 is 11.3 Å². The molecule has 160 valence electrons. The van der Waals surface area contributed by atoms with Crippen molar-refractivity contribution >= 4 is 40.4 Å². The van der Waals surface area contributed by atoms with Gasteiger partial charge in [0.1, 0.15) is 5.78 Å². The van der Waals surface area contributed by atoms with E-state index in [1.807, 2.05) is 32.0 Å². The van der Waals surface area contributed by atoms with Gasteiger partial charge in [-0.15, -0.1) is 11.3 Å². The van der Waals surface area contributed by atoms with Gasteiger partial charge >= 0.3 is 0 Å². The van der Waals surface area contributed by atoms with Crippen molar-refractivity contribution in [3.8, 4) is 0 Å². The summed E-state index contributed by atoms with van der Waals surface area (Å²) < 4.78 is 0. The lowest BCUT2D eigenvalue weighted by Crippen LogP contribution is -2.27. The number of amides is 2. The number of carbonyl (C=O) groups is 4. The molecule has 1 aromatic heterocycles. The third-order valence-electron chi connectivity index (χ3n) is 4.67. The predicted molar refractivity (Wildman–Crippen MR) is 119 cm³/mol. The van der Waals surface area contributed by atoms with Crippen LogP contribution in [0.4, 0.5) is 5.69 Å². The number of benzene rings is 1. The van der Waals surface area contributed by atoms with E-state index in [1.54, 1.807) is 25.1 Å². The first-order valence-corrected chi connectivity index (χ1v) is 10.9. The van der Waals surface area contributed by atoms with Gasteiger partial charge in [-0.05, 0) is 43.7 Å². The molecule has 7 heteroatoms. The largest absolute Gasteiger partial charge is 0.350 e. The molecule has 2 N–H and O–H groups in total. The maximum Gasteiger partial charge on any atom is 0.224 e. The van der Waals surface area contributed by atoms with Crippen LogP contribution < -0.4 is 10.6 Å². The van der Waals surface area contributed by atoms with Crippen molar-refractivity contribution in [1.82, 2.24) is 5.32 Å². The smallest absolute Gasteiger partial charge is 0.224 e. The third kappa shape index (κ3) is 7.55. The quantitative estimate of drug-likeness (QED) is 0.512. The van der Waals surface area contributed by atoms with E-state index < -0.39 is 0 Å². The second-order valence-electron chi connectivity index (χ2n) is 7.19. The Morgan fingerprint density at radius 1 is 0.900 bits per heavy atom. The molecular formula is C23H28N2O4S. The summed E-state index contributed by atoms with van der Waals surface area (Å²) in [6.07, 6.45) is 0.966. The van der Waals surface area contributed by atoms with Crippen LogP contribution in [-0.2, 0) is 14.4 Å². The highest BCUT2D eigenvalue weighted by Crippen LogP contribution is 2.18. The van der Waals surface area contributed by atoms with Crippen molar-refractivity contribution in [1.29, 1.82) is 0 Å². The van der Waals surface area contributed by atoms with Gasteiger partial charge in [0.15, 0.2) is 5.78 Å². The summed E-state index contributed by atoms with van der Waals surface area (Å²) in [7, 11) is 0. The second kappa shape index (κ2) is 11.4. The number of aryl methyl sites for hydroxylation is 1.